The van der Waals surface area contributed by atoms with Crippen LogP contribution in [0.3, 0.4) is 0 Å². The van der Waals surface area contributed by atoms with Crippen molar-refractivity contribution >= 4 is 0 Å². The van der Waals surface area contributed by atoms with Crippen LogP contribution < -0.4 is 0 Å². The van der Waals surface area contributed by atoms with Crippen LogP contribution >= 0.6 is 0 Å². The highest BCUT2D eigenvalue weighted by Gasteiger charge is 2.23. The van der Waals surface area contributed by atoms with Gasteiger partial charge in [0.2, 0.25) is 0 Å². The Morgan fingerprint density at radius 3 is 2.21 bits per heavy atom. The molecule has 146 valence electrons. The lowest BCUT2D eigenvalue weighted by Gasteiger charge is -2.28. The SMILES string of the molecule is C=CCCC1CCC(c2cc(F)c(C#Cc3ccc(CC)cc3)c(F)c2)CC1. The molecule has 0 heterocycles. The van der Waals surface area contributed by atoms with Crippen molar-refractivity contribution in [1.82, 2.24) is 0 Å². The Kier molecular flexibility index (Phi) is 7.04. The number of aryl methyl sites for hydroxylation is 1. The number of hydrogen-bond donors (Lipinski definition) is 0. The Bertz CT molecular complexity index is 837. The summed E-state index contributed by atoms with van der Waals surface area (Å²) in [5.41, 5.74) is 2.61. The highest BCUT2D eigenvalue weighted by atomic mass is 19.1. The van der Waals surface area contributed by atoms with Gasteiger partial charge in [-0.25, -0.2) is 8.78 Å². The van der Waals surface area contributed by atoms with Gasteiger partial charge in [0.25, 0.3) is 0 Å². The quantitative estimate of drug-likeness (QED) is 0.382. The van der Waals surface area contributed by atoms with Crippen LogP contribution in [-0.2, 0) is 6.42 Å². The van der Waals surface area contributed by atoms with Gasteiger partial charge in [-0.3, -0.25) is 0 Å². The fourth-order valence-electron chi connectivity index (χ4n) is 4.04. The fraction of sp³-hybridized carbons (Fsp3) is 0.385. The molecule has 1 aliphatic rings. The third-order valence-electron chi connectivity index (χ3n) is 5.86. The van der Waals surface area contributed by atoms with Gasteiger partial charge in [-0.15, -0.1) is 6.58 Å². The van der Waals surface area contributed by atoms with Crippen LogP contribution in [0.4, 0.5) is 8.78 Å². The molecule has 0 saturated heterocycles. The summed E-state index contributed by atoms with van der Waals surface area (Å²) in [4.78, 5) is 0. The van der Waals surface area contributed by atoms with Crippen LogP contribution in [-0.4, -0.2) is 0 Å². The Morgan fingerprint density at radius 1 is 1.00 bits per heavy atom. The van der Waals surface area contributed by atoms with E-state index in [-0.39, 0.29) is 11.5 Å². The van der Waals surface area contributed by atoms with E-state index in [1.54, 1.807) is 0 Å². The van der Waals surface area contributed by atoms with Gasteiger partial charge >= 0.3 is 0 Å². The smallest absolute Gasteiger partial charge is 0.142 e. The van der Waals surface area contributed by atoms with Crippen molar-refractivity contribution in [2.45, 2.75) is 57.8 Å². The van der Waals surface area contributed by atoms with Gasteiger partial charge in [0.05, 0.1) is 5.56 Å². The van der Waals surface area contributed by atoms with Crippen molar-refractivity contribution < 1.29 is 8.78 Å². The van der Waals surface area contributed by atoms with Crippen LogP contribution in [0.2, 0.25) is 0 Å². The van der Waals surface area contributed by atoms with Crippen molar-refractivity contribution in [2.75, 3.05) is 0 Å². The van der Waals surface area contributed by atoms with Crippen molar-refractivity contribution in [3.63, 3.8) is 0 Å². The molecule has 28 heavy (non-hydrogen) atoms. The summed E-state index contributed by atoms with van der Waals surface area (Å²) in [7, 11) is 0. The molecule has 2 aromatic carbocycles. The van der Waals surface area contributed by atoms with Gasteiger partial charge in [-0.05, 0) is 92.2 Å². The Labute approximate surface area is 167 Å². The van der Waals surface area contributed by atoms with E-state index >= 15 is 0 Å². The Hall–Kier alpha value is -2.40. The fourth-order valence-corrected chi connectivity index (χ4v) is 4.04. The number of rotatable bonds is 5. The zero-order chi connectivity index (χ0) is 19.9. The van der Waals surface area contributed by atoms with Crippen LogP contribution in [0.25, 0.3) is 0 Å². The molecule has 0 atom stereocenters. The highest BCUT2D eigenvalue weighted by Crippen LogP contribution is 2.38. The third-order valence-corrected chi connectivity index (χ3v) is 5.86. The van der Waals surface area contributed by atoms with Crippen LogP contribution in [0.5, 0.6) is 0 Å². The number of halogens is 2. The van der Waals surface area contributed by atoms with Crippen LogP contribution in [0.15, 0.2) is 49.1 Å². The zero-order valence-electron chi connectivity index (χ0n) is 16.6. The monoisotopic (exact) mass is 378 g/mol. The van der Waals surface area contributed by atoms with E-state index in [0.29, 0.717) is 5.92 Å². The maximum absolute atomic E-state index is 14.6. The molecule has 0 spiro atoms. The summed E-state index contributed by atoms with van der Waals surface area (Å²) in [6, 6.07) is 10.7. The van der Waals surface area contributed by atoms with E-state index in [0.717, 1.165) is 49.7 Å². The molecule has 0 aliphatic heterocycles. The molecule has 0 nitrogen and oxygen atoms in total. The Balaban J connectivity index is 1.71. The van der Waals surface area contributed by atoms with Crippen molar-refractivity contribution in [3.05, 3.63) is 82.9 Å². The molecule has 0 aromatic heterocycles. The minimum atomic E-state index is -0.554. The highest BCUT2D eigenvalue weighted by molar-refractivity contribution is 5.46. The normalized spacial score (nSPS) is 19.0. The first-order valence-corrected chi connectivity index (χ1v) is 10.3. The summed E-state index contributed by atoms with van der Waals surface area (Å²) in [6.45, 7) is 5.87. The lowest BCUT2D eigenvalue weighted by atomic mass is 9.77. The molecule has 0 N–H and O–H groups in total. The number of hydrogen-bond acceptors (Lipinski definition) is 0. The van der Waals surface area contributed by atoms with Crippen molar-refractivity contribution in [2.24, 2.45) is 5.92 Å². The predicted octanol–water partition coefficient (Wildman–Crippen LogP) is 7.17. The maximum Gasteiger partial charge on any atom is 0.142 e. The minimum absolute atomic E-state index is 0.136. The molecular weight excluding hydrogens is 350 g/mol. The minimum Gasteiger partial charge on any atom is -0.206 e. The molecule has 0 amide bonds. The molecule has 0 radical (unpaired) electrons. The van der Waals surface area contributed by atoms with E-state index in [2.05, 4.69) is 25.3 Å². The summed E-state index contributed by atoms with van der Waals surface area (Å²) in [6.07, 6.45) is 9.38. The van der Waals surface area contributed by atoms with Crippen molar-refractivity contribution in [1.29, 1.82) is 0 Å². The second kappa shape index (κ2) is 9.69. The van der Waals surface area contributed by atoms with Crippen LogP contribution in [0.1, 0.15) is 73.6 Å². The first-order valence-electron chi connectivity index (χ1n) is 10.3. The van der Waals surface area contributed by atoms with Crippen molar-refractivity contribution in [3.8, 4) is 11.8 Å². The lowest BCUT2D eigenvalue weighted by Crippen LogP contribution is -2.14. The summed E-state index contributed by atoms with van der Waals surface area (Å²) in [5, 5.41) is 0. The number of benzene rings is 2. The summed E-state index contributed by atoms with van der Waals surface area (Å²) < 4.78 is 29.2. The van der Waals surface area contributed by atoms with Gasteiger partial charge in [-0.2, -0.15) is 0 Å². The average Bonchev–Trinajstić information content (AvgIpc) is 2.72. The molecule has 2 aromatic rings. The first kappa shape index (κ1) is 20.3. The lowest BCUT2D eigenvalue weighted by molar-refractivity contribution is 0.311. The van der Waals surface area contributed by atoms with Crippen LogP contribution in [0, 0.1) is 29.4 Å². The molecule has 1 fully saturated rings. The van der Waals surface area contributed by atoms with Gasteiger partial charge < -0.3 is 0 Å². The van der Waals surface area contributed by atoms with E-state index in [9.17, 15) is 8.78 Å². The molecule has 1 saturated carbocycles. The molecule has 0 unspecified atom stereocenters. The first-order chi connectivity index (χ1) is 13.6. The van der Waals surface area contributed by atoms with Gasteiger partial charge in [0.15, 0.2) is 0 Å². The molecule has 2 heteroatoms. The molecular formula is C26H28F2. The van der Waals surface area contributed by atoms with E-state index in [1.807, 2.05) is 30.3 Å². The third kappa shape index (κ3) is 5.10. The van der Waals surface area contributed by atoms with E-state index in [1.165, 1.54) is 24.1 Å². The topological polar surface area (TPSA) is 0 Å². The molecule has 3 rings (SSSR count). The van der Waals surface area contributed by atoms with E-state index < -0.39 is 11.6 Å². The molecule has 0 bridgehead atoms. The van der Waals surface area contributed by atoms with Gasteiger partial charge in [0, 0.05) is 5.56 Å². The maximum atomic E-state index is 14.6. The second-order valence-electron chi connectivity index (χ2n) is 7.74. The summed E-state index contributed by atoms with van der Waals surface area (Å²) in [5.74, 6) is 5.42. The number of allylic oxidation sites excluding steroid dienone is 1. The predicted molar refractivity (Wildman–Crippen MR) is 112 cm³/mol. The molecule has 1 aliphatic carbocycles. The zero-order valence-corrected chi connectivity index (χ0v) is 16.6. The Morgan fingerprint density at radius 2 is 1.64 bits per heavy atom. The largest absolute Gasteiger partial charge is 0.206 e. The second-order valence-corrected chi connectivity index (χ2v) is 7.74. The van der Waals surface area contributed by atoms with Gasteiger partial charge in [-0.1, -0.05) is 37.0 Å². The average molecular weight is 379 g/mol. The standard InChI is InChI=1S/C26H28F2/c1-3-5-6-20-11-14-22(15-12-20)23-17-25(27)24(26(28)18-23)16-13-21-9-7-19(4-2)8-10-21/h3,7-10,17-18,20,22H,1,4-6,11-12,14-15H2,2H3. The van der Waals surface area contributed by atoms with Gasteiger partial charge in [0.1, 0.15) is 11.6 Å². The van der Waals surface area contributed by atoms with E-state index in [4.69, 9.17) is 0 Å². The summed E-state index contributed by atoms with van der Waals surface area (Å²) >= 11 is 0.